The molecule has 0 aromatic heterocycles. The Bertz CT molecular complexity index is 599. The van der Waals surface area contributed by atoms with E-state index in [0.717, 1.165) is 32.5 Å². The lowest BCUT2D eigenvalue weighted by Crippen LogP contribution is -2.56. The molecule has 136 valence electrons. The van der Waals surface area contributed by atoms with Crippen LogP contribution in [0.3, 0.4) is 0 Å². The largest absolute Gasteiger partial charge is 0.396 e. The third kappa shape index (κ3) is 4.71. The Labute approximate surface area is 151 Å². The molecule has 4 nitrogen and oxygen atoms in total. The zero-order chi connectivity index (χ0) is 17.6. The lowest BCUT2D eigenvalue weighted by atomic mass is 9.83. The minimum atomic E-state index is 0.163. The number of nitrogens with zero attached hydrogens (tertiary/aromatic N) is 2. The summed E-state index contributed by atoms with van der Waals surface area (Å²) in [7, 11) is 0. The second-order valence-corrected chi connectivity index (χ2v) is 7.46. The first-order valence-electron chi connectivity index (χ1n) is 9.52. The summed E-state index contributed by atoms with van der Waals surface area (Å²) >= 11 is 0. The van der Waals surface area contributed by atoms with E-state index in [4.69, 9.17) is 5.11 Å². The summed E-state index contributed by atoms with van der Waals surface area (Å²) in [6.45, 7) is 6.21. The number of piperidine rings is 2. The summed E-state index contributed by atoms with van der Waals surface area (Å²) in [4.78, 5) is 16.8. The van der Waals surface area contributed by atoms with E-state index in [9.17, 15) is 4.79 Å². The first-order chi connectivity index (χ1) is 12.2. The number of carbonyl (C=O) groups is 1. The number of hydrogen-bond donors (Lipinski definition) is 1. The molecule has 1 aromatic rings. The van der Waals surface area contributed by atoms with Crippen molar-refractivity contribution in [2.24, 2.45) is 5.92 Å². The van der Waals surface area contributed by atoms with Gasteiger partial charge in [-0.25, -0.2) is 0 Å². The van der Waals surface area contributed by atoms with Crippen LogP contribution in [0.4, 0.5) is 0 Å². The Morgan fingerprint density at radius 2 is 2.08 bits per heavy atom. The Kier molecular flexibility index (Phi) is 6.27. The molecule has 1 N–H and O–H groups in total. The Morgan fingerprint density at radius 3 is 2.84 bits per heavy atom. The van der Waals surface area contributed by atoms with Gasteiger partial charge in [-0.1, -0.05) is 42.0 Å². The van der Waals surface area contributed by atoms with Gasteiger partial charge in [0.25, 0.3) is 0 Å². The first-order valence-corrected chi connectivity index (χ1v) is 9.52. The number of likely N-dealkylation sites (tertiary alicyclic amines) is 2. The van der Waals surface area contributed by atoms with Gasteiger partial charge in [0, 0.05) is 45.2 Å². The van der Waals surface area contributed by atoms with Crippen LogP contribution in [-0.4, -0.2) is 59.6 Å². The van der Waals surface area contributed by atoms with Crippen molar-refractivity contribution in [3.8, 4) is 0 Å². The lowest BCUT2D eigenvalue weighted by Gasteiger charge is -2.47. The number of fused-ring (bicyclic) bond motifs is 1. The molecular formula is C21H30N2O2. The third-order valence-corrected chi connectivity index (χ3v) is 5.47. The molecule has 2 aliphatic rings. The molecule has 1 aromatic carbocycles. The van der Waals surface area contributed by atoms with Crippen molar-refractivity contribution >= 4 is 12.0 Å². The highest BCUT2D eigenvalue weighted by Gasteiger charge is 2.38. The van der Waals surface area contributed by atoms with Crippen LogP contribution < -0.4 is 0 Å². The summed E-state index contributed by atoms with van der Waals surface area (Å²) in [6.07, 6.45) is 5.69. The van der Waals surface area contributed by atoms with E-state index >= 15 is 0 Å². The SMILES string of the molecule is C/C(=C\c1ccccc1)CN1CC[C@@H]2[C@@H](CCC(=O)N2CCCO)C1. The van der Waals surface area contributed by atoms with Crippen LogP contribution in [0.15, 0.2) is 35.9 Å². The zero-order valence-corrected chi connectivity index (χ0v) is 15.2. The van der Waals surface area contributed by atoms with Gasteiger partial charge in [0.1, 0.15) is 0 Å². The summed E-state index contributed by atoms with van der Waals surface area (Å²) in [6, 6.07) is 10.9. The predicted molar refractivity (Wildman–Crippen MR) is 101 cm³/mol. The van der Waals surface area contributed by atoms with Crippen molar-refractivity contribution in [3.05, 3.63) is 41.5 Å². The number of carbonyl (C=O) groups excluding carboxylic acids is 1. The lowest BCUT2D eigenvalue weighted by molar-refractivity contribution is -0.141. The quantitative estimate of drug-likeness (QED) is 0.864. The number of benzene rings is 1. The van der Waals surface area contributed by atoms with Crippen LogP contribution in [0.5, 0.6) is 0 Å². The third-order valence-electron chi connectivity index (χ3n) is 5.47. The number of aliphatic hydroxyl groups excluding tert-OH is 1. The normalized spacial score (nSPS) is 25.1. The molecule has 0 bridgehead atoms. The maximum absolute atomic E-state index is 12.2. The van der Waals surface area contributed by atoms with E-state index < -0.39 is 0 Å². The zero-order valence-electron chi connectivity index (χ0n) is 15.2. The van der Waals surface area contributed by atoms with Crippen LogP contribution in [0.25, 0.3) is 6.08 Å². The minimum Gasteiger partial charge on any atom is -0.396 e. The van der Waals surface area contributed by atoms with Gasteiger partial charge in [0.15, 0.2) is 0 Å². The van der Waals surface area contributed by atoms with Gasteiger partial charge in [0.05, 0.1) is 0 Å². The van der Waals surface area contributed by atoms with Crippen molar-refractivity contribution in [1.29, 1.82) is 0 Å². The summed E-state index contributed by atoms with van der Waals surface area (Å²) in [5.74, 6) is 0.859. The highest BCUT2D eigenvalue weighted by molar-refractivity contribution is 5.77. The highest BCUT2D eigenvalue weighted by atomic mass is 16.3. The monoisotopic (exact) mass is 342 g/mol. The van der Waals surface area contributed by atoms with E-state index in [2.05, 4.69) is 42.2 Å². The van der Waals surface area contributed by atoms with Gasteiger partial charge >= 0.3 is 0 Å². The molecule has 0 saturated carbocycles. The van der Waals surface area contributed by atoms with Crippen molar-refractivity contribution in [2.75, 3.05) is 32.8 Å². The average Bonchev–Trinajstić information content (AvgIpc) is 2.62. The summed E-state index contributed by atoms with van der Waals surface area (Å²) < 4.78 is 0. The van der Waals surface area contributed by atoms with E-state index in [1.54, 1.807) is 0 Å². The smallest absolute Gasteiger partial charge is 0.222 e. The molecule has 4 heteroatoms. The minimum absolute atomic E-state index is 0.163. The highest BCUT2D eigenvalue weighted by Crippen LogP contribution is 2.31. The molecule has 1 amide bonds. The van der Waals surface area contributed by atoms with Crippen molar-refractivity contribution < 1.29 is 9.90 Å². The molecular weight excluding hydrogens is 312 g/mol. The van der Waals surface area contributed by atoms with Crippen LogP contribution in [0.2, 0.25) is 0 Å². The van der Waals surface area contributed by atoms with E-state index in [-0.39, 0.29) is 12.5 Å². The first kappa shape index (κ1) is 18.2. The van der Waals surface area contributed by atoms with Gasteiger partial charge in [-0.2, -0.15) is 0 Å². The number of rotatable bonds is 6. The molecule has 2 saturated heterocycles. The van der Waals surface area contributed by atoms with Crippen molar-refractivity contribution in [1.82, 2.24) is 9.80 Å². The molecule has 0 spiro atoms. The maximum Gasteiger partial charge on any atom is 0.222 e. The van der Waals surface area contributed by atoms with E-state index in [1.165, 1.54) is 11.1 Å². The molecule has 0 aliphatic carbocycles. The van der Waals surface area contributed by atoms with Crippen molar-refractivity contribution in [3.63, 3.8) is 0 Å². The molecule has 0 unspecified atom stereocenters. The van der Waals surface area contributed by atoms with Gasteiger partial charge in [-0.15, -0.1) is 0 Å². The van der Waals surface area contributed by atoms with Gasteiger partial charge in [-0.3, -0.25) is 9.69 Å². The fourth-order valence-electron chi connectivity index (χ4n) is 4.33. The van der Waals surface area contributed by atoms with Crippen LogP contribution in [-0.2, 0) is 4.79 Å². The molecule has 2 aliphatic heterocycles. The topological polar surface area (TPSA) is 43.8 Å². The number of aliphatic hydroxyl groups is 1. The molecule has 2 atom stereocenters. The fourth-order valence-corrected chi connectivity index (χ4v) is 4.33. The standard InChI is InChI=1S/C21H30N2O2/c1-17(14-18-6-3-2-4-7-18)15-22-12-10-20-19(16-22)8-9-21(25)23(20)11-5-13-24/h2-4,6-7,14,19-20,24H,5,8-13,15-16H2,1H3/b17-14+/t19-,20+/m0/s1. The van der Waals surface area contributed by atoms with Gasteiger partial charge < -0.3 is 10.0 Å². The van der Waals surface area contributed by atoms with Crippen LogP contribution >= 0.6 is 0 Å². The van der Waals surface area contributed by atoms with Crippen LogP contribution in [0.1, 0.15) is 38.2 Å². The van der Waals surface area contributed by atoms with E-state index in [1.807, 2.05) is 11.0 Å². The average molecular weight is 342 g/mol. The number of hydrogen-bond acceptors (Lipinski definition) is 3. The van der Waals surface area contributed by atoms with Gasteiger partial charge in [-0.05, 0) is 37.7 Å². The Morgan fingerprint density at radius 1 is 1.28 bits per heavy atom. The predicted octanol–water partition coefficient (Wildman–Crippen LogP) is 2.79. The molecule has 2 fully saturated rings. The summed E-state index contributed by atoms with van der Waals surface area (Å²) in [5.41, 5.74) is 2.64. The van der Waals surface area contributed by atoms with Crippen molar-refractivity contribution in [2.45, 2.75) is 38.6 Å². The van der Waals surface area contributed by atoms with Gasteiger partial charge in [0.2, 0.25) is 5.91 Å². The molecule has 2 heterocycles. The Balaban J connectivity index is 1.58. The van der Waals surface area contributed by atoms with E-state index in [0.29, 0.717) is 31.3 Å². The summed E-state index contributed by atoms with van der Waals surface area (Å²) in [5, 5.41) is 9.09. The fraction of sp³-hybridized carbons (Fsp3) is 0.571. The van der Waals surface area contributed by atoms with Crippen LogP contribution in [0, 0.1) is 5.92 Å². The second-order valence-electron chi connectivity index (χ2n) is 7.46. The maximum atomic E-state index is 12.2. The Hall–Kier alpha value is -1.65. The molecule has 3 rings (SSSR count). The second kappa shape index (κ2) is 8.63. The number of amides is 1. The molecule has 25 heavy (non-hydrogen) atoms. The molecule has 0 radical (unpaired) electrons.